The Bertz CT molecular complexity index is 449. The van der Waals surface area contributed by atoms with Gasteiger partial charge < -0.3 is 10.1 Å². The second kappa shape index (κ2) is 5.57. The molecule has 1 aromatic carbocycles. The molecular weight excluding hydrogens is 247 g/mol. The van der Waals surface area contributed by atoms with Crippen molar-refractivity contribution in [2.24, 2.45) is 0 Å². The third-order valence-corrected chi connectivity index (χ3v) is 2.06. The number of hydrogen-bond acceptors (Lipinski definition) is 3. The number of halogens is 3. The maximum atomic E-state index is 12.0. The van der Waals surface area contributed by atoms with Crippen LogP contribution in [-0.2, 0) is 4.79 Å². The number of hydrogen-bond donors (Lipinski definition) is 1. The van der Waals surface area contributed by atoms with Crippen molar-refractivity contribution in [2.45, 2.75) is 13.1 Å². The highest BCUT2D eigenvalue weighted by atomic mass is 19.4. The van der Waals surface area contributed by atoms with E-state index in [1.807, 2.05) is 0 Å². The first-order valence-electron chi connectivity index (χ1n) is 5.03. The second-order valence-electron chi connectivity index (χ2n) is 3.54. The highest BCUT2D eigenvalue weighted by molar-refractivity contribution is 5.95. The average Bonchev–Trinajstić information content (AvgIpc) is 2.28. The van der Waals surface area contributed by atoms with E-state index in [1.54, 1.807) is 24.3 Å². The van der Waals surface area contributed by atoms with E-state index in [1.165, 1.54) is 14.0 Å². The first-order valence-corrected chi connectivity index (χ1v) is 5.03. The Labute approximate surface area is 102 Å². The van der Waals surface area contributed by atoms with E-state index < -0.39 is 12.0 Å². The minimum Gasteiger partial charge on any atom is -0.497 e. The van der Waals surface area contributed by atoms with Crippen molar-refractivity contribution in [1.82, 2.24) is 0 Å². The quantitative estimate of drug-likeness (QED) is 0.844. The molecule has 0 bridgehead atoms. The predicted molar refractivity (Wildman–Crippen MR) is 61.4 cm³/mol. The minimum atomic E-state index is -4.84. The van der Waals surface area contributed by atoms with Gasteiger partial charge in [0, 0.05) is 17.5 Å². The monoisotopic (exact) mass is 259 g/mol. The third kappa shape index (κ3) is 4.12. The van der Waals surface area contributed by atoms with E-state index in [4.69, 9.17) is 4.74 Å². The van der Waals surface area contributed by atoms with Crippen molar-refractivity contribution in [3.8, 4) is 5.75 Å². The number of nitrogens with one attached hydrogen (secondary N) is 1. The van der Waals surface area contributed by atoms with Gasteiger partial charge in [0.15, 0.2) is 0 Å². The number of allylic oxidation sites excluding steroid dienone is 2. The molecule has 0 unspecified atom stereocenters. The Morgan fingerprint density at radius 2 is 1.83 bits per heavy atom. The van der Waals surface area contributed by atoms with Gasteiger partial charge in [-0.1, -0.05) is 0 Å². The normalized spacial score (nSPS) is 12.2. The van der Waals surface area contributed by atoms with E-state index in [0.717, 1.165) is 0 Å². The van der Waals surface area contributed by atoms with Gasteiger partial charge in [-0.3, -0.25) is 4.79 Å². The van der Waals surface area contributed by atoms with Gasteiger partial charge in [0.05, 0.1) is 7.11 Å². The molecule has 0 heterocycles. The zero-order valence-corrected chi connectivity index (χ0v) is 9.84. The van der Waals surface area contributed by atoms with Crippen molar-refractivity contribution < 1.29 is 22.7 Å². The summed E-state index contributed by atoms with van der Waals surface area (Å²) in [6.07, 6.45) is -4.33. The molecule has 0 saturated carbocycles. The number of carbonyl (C=O) groups excluding carboxylic acids is 1. The molecule has 0 atom stereocenters. The highest BCUT2D eigenvalue weighted by Gasteiger charge is 2.36. The fourth-order valence-electron chi connectivity index (χ4n) is 1.22. The third-order valence-electron chi connectivity index (χ3n) is 2.06. The van der Waals surface area contributed by atoms with Crippen LogP contribution in [0.4, 0.5) is 18.9 Å². The van der Waals surface area contributed by atoms with E-state index >= 15 is 0 Å². The zero-order valence-electron chi connectivity index (χ0n) is 9.84. The molecule has 1 rings (SSSR count). The van der Waals surface area contributed by atoms with Crippen molar-refractivity contribution in [3.63, 3.8) is 0 Å². The molecule has 0 radical (unpaired) electrons. The van der Waals surface area contributed by atoms with Gasteiger partial charge in [0.25, 0.3) is 5.78 Å². The van der Waals surface area contributed by atoms with Crippen LogP contribution in [0.25, 0.3) is 0 Å². The van der Waals surface area contributed by atoms with Crippen molar-refractivity contribution >= 4 is 11.5 Å². The van der Waals surface area contributed by atoms with Gasteiger partial charge in [-0.2, -0.15) is 13.2 Å². The van der Waals surface area contributed by atoms with Crippen LogP contribution in [-0.4, -0.2) is 19.1 Å². The molecule has 0 saturated heterocycles. The topological polar surface area (TPSA) is 38.3 Å². The smallest absolute Gasteiger partial charge is 0.454 e. The number of carbonyl (C=O) groups is 1. The van der Waals surface area contributed by atoms with E-state index in [0.29, 0.717) is 17.5 Å². The molecule has 1 aromatic rings. The Morgan fingerprint density at radius 1 is 1.28 bits per heavy atom. The maximum Gasteiger partial charge on any atom is 0.454 e. The second-order valence-corrected chi connectivity index (χ2v) is 3.54. The molecule has 0 aliphatic heterocycles. The van der Waals surface area contributed by atoms with E-state index in [-0.39, 0.29) is 5.70 Å². The van der Waals surface area contributed by atoms with Crippen molar-refractivity contribution in [1.29, 1.82) is 0 Å². The lowest BCUT2D eigenvalue weighted by Gasteiger charge is -2.08. The van der Waals surface area contributed by atoms with Crippen LogP contribution in [0.15, 0.2) is 36.0 Å². The predicted octanol–water partition coefficient (Wildman–Crippen LogP) is 3.14. The molecule has 0 spiro atoms. The highest BCUT2D eigenvalue weighted by Crippen LogP contribution is 2.19. The summed E-state index contributed by atoms with van der Waals surface area (Å²) in [5.41, 5.74) is 0.682. The summed E-state index contributed by atoms with van der Waals surface area (Å²) in [5.74, 6) is -1.26. The van der Waals surface area contributed by atoms with Crippen LogP contribution >= 0.6 is 0 Å². The van der Waals surface area contributed by atoms with Crippen molar-refractivity contribution in [3.05, 3.63) is 36.0 Å². The molecule has 0 aromatic heterocycles. The fourth-order valence-corrected chi connectivity index (χ4v) is 1.22. The van der Waals surface area contributed by atoms with Crippen LogP contribution in [0, 0.1) is 0 Å². The van der Waals surface area contributed by atoms with Crippen LogP contribution in [0.3, 0.4) is 0 Å². The van der Waals surface area contributed by atoms with Crippen LogP contribution in [0.2, 0.25) is 0 Å². The van der Waals surface area contributed by atoms with Gasteiger partial charge in [-0.25, -0.2) is 0 Å². The van der Waals surface area contributed by atoms with Gasteiger partial charge in [-0.15, -0.1) is 0 Å². The van der Waals surface area contributed by atoms with Crippen LogP contribution in [0.5, 0.6) is 5.75 Å². The summed E-state index contributed by atoms with van der Waals surface area (Å²) >= 11 is 0. The minimum absolute atomic E-state index is 0.113. The molecule has 3 nitrogen and oxygen atoms in total. The fraction of sp³-hybridized carbons (Fsp3) is 0.250. The molecular formula is C12H12F3NO2. The molecule has 0 aliphatic carbocycles. The first-order chi connectivity index (χ1) is 8.32. The zero-order chi connectivity index (χ0) is 13.8. The first kappa shape index (κ1) is 14.1. The number of anilines is 1. The molecule has 0 aliphatic rings. The molecule has 0 fully saturated rings. The lowest BCUT2D eigenvalue weighted by atomic mass is 10.2. The number of alkyl halides is 3. The SMILES string of the molecule is COc1ccc(N/C(C)=C/C(=O)C(F)(F)F)cc1. The van der Waals surface area contributed by atoms with Crippen molar-refractivity contribution in [2.75, 3.05) is 12.4 Å². The molecule has 18 heavy (non-hydrogen) atoms. The maximum absolute atomic E-state index is 12.0. The van der Waals surface area contributed by atoms with E-state index in [9.17, 15) is 18.0 Å². The Kier molecular flexibility index (Phi) is 4.36. The summed E-state index contributed by atoms with van der Waals surface area (Å²) < 4.78 is 41.0. The van der Waals surface area contributed by atoms with Gasteiger partial charge in [0.1, 0.15) is 5.75 Å². The number of ketones is 1. The molecule has 6 heteroatoms. The molecule has 98 valence electrons. The lowest BCUT2D eigenvalue weighted by molar-refractivity contribution is -0.165. The van der Waals surface area contributed by atoms with Gasteiger partial charge in [-0.05, 0) is 31.2 Å². The van der Waals surface area contributed by atoms with Gasteiger partial charge >= 0.3 is 6.18 Å². The lowest BCUT2D eigenvalue weighted by Crippen LogP contribution is -2.21. The van der Waals surface area contributed by atoms with Crippen LogP contribution < -0.4 is 10.1 Å². The van der Waals surface area contributed by atoms with Gasteiger partial charge in [0.2, 0.25) is 0 Å². The molecule has 0 amide bonds. The Hall–Kier alpha value is -1.98. The summed E-state index contributed by atoms with van der Waals surface area (Å²) in [6, 6.07) is 6.57. The standard InChI is InChI=1S/C12H12F3NO2/c1-8(7-11(17)12(13,14)15)16-9-3-5-10(18-2)6-4-9/h3-7,16H,1-2H3/b8-7+. The van der Waals surface area contributed by atoms with Crippen LogP contribution in [0.1, 0.15) is 6.92 Å². The summed E-state index contributed by atoms with van der Waals surface area (Å²) in [7, 11) is 1.51. The number of rotatable bonds is 4. The average molecular weight is 259 g/mol. The summed E-state index contributed by atoms with van der Waals surface area (Å²) in [5, 5.41) is 2.68. The number of methoxy groups -OCH3 is 1. The largest absolute Gasteiger partial charge is 0.497 e. The molecule has 1 N–H and O–H groups in total. The van der Waals surface area contributed by atoms with E-state index in [2.05, 4.69) is 5.32 Å². The number of benzene rings is 1. The summed E-state index contributed by atoms with van der Waals surface area (Å²) in [6.45, 7) is 1.38. The Morgan fingerprint density at radius 3 is 2.28 bits per heavy atom. The summed E-state index contributed by atoms with van der Waals surface area (Å²) in [4.78, 5) is 10.7. The number of ether oxygens (including phenoxy) is 1. The Balaban J connectivity index is 2.72.